The fourth-order valence-corrected chi connectivity index (χ4v) is 2.66. The molecule has 4 nitrogen and oxygen atoms in total. The van der Waals surface area contributed by atoms with Gasteiger partial charge < -0.3 is 9.84 Å². The Morgan fingerprint density at radius 1 is 1.44 bits per heavy atom. The van der Waals surface area contributed by atoms with Crippen molar-refractivity contribution in [1.29, 1.82) is 0 Å². The summed E-state index contributed by atoms with van der Waals surface area (Å²) in [6, 6.07) is 3.73. The Balaban J connectivity index is 2.02. The summed E-state index contributed by atoms with van der Waals surface area (Å²) in [5.41, 5.74) is 0.825. The van der Waals surface area contributed by atoms with Crippen LogP contribution in [0.4, 0.5) is 0 Å². The van der Waals surface area contributed by atoms with Crippen molar-refractivity contribution in [2.24, 2.45) is 0 Å². The Kier molecular flexibility index (Phi) is 2.01. The standard InChI is InChI=1S/C12H13NO3/c14-8-3-5-12(6-4-8)9-2-1-7-13-10(9)11(15)16-12/h1-2,7-8,14H,3-6H2/t8-,12+. The molecule has 0 bridgehead atoms. The Hall–Kier alpha value is -1.42. The summed E-state index contributed by atoms with van der Waals surface area (Å²) in [6.45, 7) is 0. The fourth-order valence-electron chi connectivity index (χ4n) is 2.66. The van der Waals surface area contributed by atoms with E-state index in [1.807, 2.05) is 12.1 Å². The van der Waals surface area contributed by atoms with Crippen molar-refractivity contribution in [3.05, 3.63) is 29.6 Å². The first-order chi connectivity index (χ1) is 7.71. The van der Waals surface area contributed by atoms with E-state index in [0.717, 1.165) is 5.56 Å². The molecule has 0 radical (unpaired) electrons. The summed E-state index contributed by atoms with van der Waals surface area (Å²) in [4.78, 5) is 15.7. The SMILES string of the molecule is O=C1O[C@]2(CC[C@@H](O)CC2)c2cccnc21. The average molecular weight is 219 g/mol. The summed E-state index contributed by atoms with van der Waals surface area (Å²) in [5, 5.41) is 9.51. The molecule has 0 amide bonds. The summed E-state index contributed by atoms with van der Waals surface area (Å²) in [6.07, 6.45) is 4.10. The molecule has 1 fully saturated rings. The van der Waals surface area contributed by atoms with Crippen molar-refractivity contribution in [2.45, 2.75) is 37.4 Å². The minimum atomic E-state index is -0.514. The average Bonchev–Trinajstić information content (AvgIpc) is 2.58. The molecule has 1 aromatic rings. The number of ether oxygens (including phenoxy) is 1. The zero-order valence-electron chi connectivity index (χ0n) is 8.85. The molecule has 2 aliphatic rings. The predicted molar refractivity (Wildman–Crippen MR) is 55.8 cm³/mol. The van der Waals surface area contributed by atoms with Gasteiger partial charge in [-0.05, 0) is 31.7 Å². The van der Waals surface area contributed by atoms with Crippen LogP contribution in [0.1, 0.15) is 41.7 Å². The van der Waals surface area contributed by atoms with Gasteiger partial charge in [0.1, 0.15) is 5.60 Å². The van der Waals surface area contributed by atoms with Crippen LogP contribution >= 0.6 is 0 Å². The first kappa shape index (κ1) is 9.78. The number of hydrogen-bond donors (Lipinski definition) is 1. The molecule has 0 atom stereocenters. The molecule has 4 heteroatoms. The first-order valence-corrected chi connectivity index (χ1v) is 5.58. The lowest BCUT2D eigenvalue weighted by molar-refractivity contribution is -0.0495. The van der Waals surface area contributed by atoms with Gasteiger partial charge in [0.15, 0.2) is 5.69 Å². The summed E-state index contributed by atoms with van der Waals surface area (Å²) in [7, 11) is 0. The molecule has 2 heterocycles. The highest BCUT2D eigenvalue weighted by atomic mass is 16.6. The molecule has 0 unspecified atom stereocenters. The number of aliphatic hydroxyl groups excluding tert-OH is 1. The summed E-state index contributed by atoms with van der Waals surface area (Å²) in [5.74, 6) is -0.327. The molecule has 0 saturated heterocycles. The maximum atomic E-state index is 11.7. The zero-order chi connectivity index (χ0) is 11.2. The second-order valence-electron chi connectivity index (χ2n) is 4.51. The van der Waals surface area contributed by atoms with Crippen molar-refractivity contribution in [1.82, 2.24) is 4.98 Å². The van der Waals surface area contributed by atoms with Gasteiger partial charge in [0.25, 0.3) is 0 Å². The number of hydrogen-bond acceptors (Lipinski definition) is 4. The molecule has 0 aromatic carbocycles. The molecule has 1 aromatic heterocycles. The normalized spacial score (nSPS) is 32.6. The second kappa shape index (κ2) is 3.28. The van der Waals surface area contributed by atoms with E-state index in [9.17, 15) is 9.90 Å². The molecule has 1 spiro atoms. The Labute approximate surface area is 93.3 Å². The van der Waals surface area contributed by atoms with E-state index in [2.05, 4.69) is 4.98 Å². The van der Waals surface area contributed by atoms with Crippen molar-refractivity contribution in [3.8, 4) is 0 Å². The van der Waals surface area contributed by atoms with Gasteiger partial charge in [0, 0.05) is 11.8 Å². The number of aromatic nitrogens is 1. The fraction of sp³-hybridized carbons (Fsp3) is 0.500. The third-order valence-electron chi connectivity index (χ3n) is 3.54. The Morgan fingerprint density at radius 2 is 2.19 bits per heavy atom. The molecule has 1 saturated carbocycles. The van der Waals surface area contributed by atoms with Gasteiger partial charge in [-0.1, -0.05) is 6.07 Å². The zero-order valence-corrected chi connectivity index (χ0v) is 8.85. The number of esters is 1. The van der Waals surface area contributed by atoms with Gasteiger partial charge >= 0.3 is 5.97 Å². The Morgan fingerprint density at radius 3 is 2.94 bits per heavy atom. The largest absolute Gasteiger partial charge is 0.449 e. The molecule has 1 aliphatic heterocycles. The van der Waals surface area contributed by atoms with Crippen molar-refractivity contribution in [3.63, 3.8) is 0 Å². The van der Waals surface area contributed by atoms with E-state index in [0.29, 0.717) is 31.4 Å². The van der Waals surface area contributed by atoms with Crippen LogP contribution in [0.25, 0.3) is 0 Å². The molecule has 84 valence electrons. The minimum absolute atomic E-state index is 0.259. The number of fused-ring (bicyclic) bond motifs is 2. The van der Waals surface area contributed by atoms with E-state index >= 15 is 0 Å². The lowest BCUT2D eigenvalue weighted by Crippen LogP contribution is -2.33. The third kappa shape index (κ3) is 1.26. The highest BCUT2D eigenvalue weighted by Crippen LogP contribution is 2.45. The van der Waals surface area contributed by atoms with Crippen LogP contribution in [0, 0.1) is 0 Å². The van der Waals surface area contributed by atoms with Crippen LogP contribution in [0.15, 0.2) is 18.3 Å². The molecular weight excluding hydrogens is 206 g/mol. The van der Waals surface area contributed by atoms with Gasteiger partial charge in [-0.15, -0.1) is 0 Å². The monoisotopic (exact) mass is 219 g/mol. The van der Waals surface area contributed by atoms with Crippen molar-refractivity contribution >= 4 is 5.97 Å². The van der Waals surface area contributed by atoms with Crippen LogP contribution in [-0.2, 0) is 10.3 Å². The topological polar surface area (TPSA) is 59.4 Å². The number of aliphatic hydroxyl groups is 1. The van der Waals surface area contributed by atoms with E-state index in [1.54, 1.807) is 6.20 Å². The maximum Gasteiger partial charge on any atom is 0.358 e. The van der Waals surface area contributed by atoms with Crippen LogP contribution in [0.5, 0.6) is 0 Å². The van der Waals surface area contributed by atoms with Crippen LogP contribution in [0.2, 0.25) is 0 Å². The second-order valence-corrected chi connectivity index (χ2v) is 4.51. The quantitative estimate of drug-likeness (QED) is 0.670. The van der Waals surface area contributed by atoms with Gasteiger partial charge in [-0.25, -0.2) is 9.78 Å². The number of rotatable bonds is 0. The molecule has 1 aliphatic carbocycles. The van der Waals surface area contributed by atoms with Gasteiger partial charge in [0.05, 0.1) is 6.10 Å². The number of carbonyl (C=O) groups is 1. The maximum absolute atomic E-state index is 11.7. The number of pyridine rings is 1. The third-order valence-corrected chi connectivity index (χ3v) is 3.54. The summed E-state index contributed by atoms with van der Waals surface area (Å²) < 4.78 is 5.50. The molecular formula is C12H13NO3. The van der Waals surface area contributed by atoms with Crippen LogP contribution < -0.4 is 0 Å². The van der Waals surface area contributed by atoms with E-state index < -0.39 is 5.60 Å². The van der Waals surface area contributed by atoms with Crippen LogP contribution in [-0.4, -0.2) is 22.2 Å². The van der Waals surface area contributed by atoms with E-state index in [-0.39, 0.29) is 12.1 Å². The first-order valence-electron chi connectivity index (χ1n) is 5.58. The minimum Gasteiger partial charge on any atom is -0.449 e. The van der Waals surface area contributed by atoms with Crippen LogP contribution in [0.3, 0.4) is 0 Å². The number of carbonyl (C=O) groups excluding carboxylic acids is 1. The van der Waals surface area contributed by atoms with Gasteiger partial charge in [-0.3, -0.25) is 0 Å². The molecule has 3 rings (SSSR count). The van der Waals surface area contributed by atoms with Crippen molar-refractivity contribution in [2.75, 3.05) is 0 Å². The Bertz CT molecular complexity index is 436. The molecule has 1 N–H and O–H groups in total. The predicted octanol–water partition coefficient (Wildman–Crippen LogP) is 1.38. The van der Waals surface area contributed by atoms with Crippen molar-refractivity contribution < 1.29 is 14.6 Å². The van der Waals surface area contributed by atoms with E-state index in [4.69, 9.17) is 4.74 Å². The van der Waals surface area contributed by atoms with Gasteiger partial charge in [0.2, 0.25) is 0 Å². The summed E-state index contributed by atoms with van der Waals surface area (Å²) >= 11 is 0. The van der Waals surface area contributed by atoms with E-state index in [1.165, 1.54) is 0 Å². The smallest absolute Gasteiger partial charge is 0.358 e. The highest BCUT2D eigenvalue weighted by molar-refractivity contribution is 5.92. The number of nitrogens with zero attached hydrogens (tertiary/aromatic N) is 1. The lowest BCUT2D eigenvalue weighted by atomic mass is 9.79. The lowest BCUT2D eigenvalue weighted by Gasteiger charge is -2.34. The van der Waals surface area contributed by atoms with Gasteiger partial charge in [-0.2, -0.15) is 0 Å². The molecule has 16 heavy (non-hydrogen) atoms. The highest BCUT2D eigenvalue weighted by Gasteiger charge is 2.47.